The summed E-state index contributed by atoms with van der Waals surface area (Å²) in [4.78, 5) is 3.62. The fourth-order valence-electron chi connectivity index (χ4n) is 1.60. The van der Waals surface area contributed by atoms with Crippen molar-refractivity contribution in [2.45, 2.75) is 6.92 Å². The number of pyridine rings is 1. The van der Waals surface area contributed by atoms with Gasteiger partial charge in [-0.2, -0.15) is 0 Å². The number of nitrogens with zero attached hydrogens (tertiary/aromatic N) is 1. The summed E-state index contributed by atoms with van der Waals surface area (Å²) in [6.45, 7) is 1.40. The van der Waals surface area contributed by atoms with Gasteiger partial charge in [0.1, 0.15) is 11.6 Å². The third kappa shape index (κ3) is 2.66. The highest BCUT2D eigenvalue weighted by atomic mass is 19.1. The highest BCUT2D eigenvalue weighted by molar-refractivity contribution is 5.60. The number of nitrogens with one attached hydrogen (secondary N) is 2. The van der Waals surface area contributed by atoms with Crippen molar-refractivity contribution in [3.8, 4) is 0 Å². The molecule has 7 heteroatoms. The maximum atomic E-state index is 13.6. The Labute approximate surface area is 112 Å². The van der Waals surface area contributed by atoms with Gasteiger partial charge in [0, 0.05) is 19.2 Å². The number of hydrogen-bond donors (Lipinski definition) is 2. The average Bonchev–Trinajstić information content (AvgIpc) is 2.38. The monoisotopic (exact) mass is 285 g/mol. The average molecular weight is 285 g/mol. The van der Waals surface area contributed by atoms with Crippen LogP contribution in [0.2, 0.25) is 0 Å². The minimum Gasteiger partial charge on any atom is -0.371 e. The van der Waals surface area contributed by atoms with Gasteiger partial charge in [-0.05, 0) is 18.6 Å². The van der Waals surface area contributed by atoms with Crippen molar-refractivity contribution in [3.63, 3.8) is 0 Å². The van der Waals surface area contributed by atoms with Crippen LogP contribution in [0, 0.1) is 30.2 Å². The smallest absolute Gasteiger partial charge is 0.169 e. The molecule has 1 heterocycles. The van der Waals surface area contributed by atoms with Crippen LogP contribution < -0.4 is 10.6 Å². The summed E-state index contributed by atoms with van der Waals surface area (Å²) in [5, 5.41) is 4.73. The molecule has 3 nitrogen and oxygen atoms in total. The Morgan fingerprint density at radius 3 is 2.15 bits per heavy atom. The highest BCUT2D eigenvalue weighted by Gasteiger charge is 2.14. The molecule has 0 amide bonds. The van der Waals surface area contributed by atoms with E-state index >= 15 is 0 Å². The molecule has 106 valence electrons. The van der Waals surface area contributed by atoms with E-state index in [4.69, 9.17) is 0 Å². The van der Waals surface area contributed by atoms with Crippen molar-refractivity contribution in [2.24, 2.45) is 0 Å². The van der Waals surface area contributed by atoms with Gasteiger partial charge in [0.25, 0.3) is 0 Å². The van der Waals surface area contributed by atoms with Crippen molar-refractivity contribution >= 4 is 17.3 Å². The molecule has 0 fully saturated rings. The third-order valence-electron chi connectivity index (χ3n) is 2.67. The number of rotatable bonds is 3. The molecule has 0 bridgehead atoms. The van der Waals surface area contributed by atoms with E-state index in [1.807, 2.05) is 0 Å². The fourth-order valence-corrected chi connectivity index (χ4v) is 1.60. The lowest BCUT2D eigenvalue weighted by Gasteiger charge is -2.11. The van der Waals surface area contributed by atoms with E-state index < -0.39 is 29.1 Å². The third-order valence-corrected chi connectivity index (χ3v) is 2.67. The second-order valence-electron chi connectivity index (χ2n) is 4.11. The molecular weight excluding hydrogens is 274 g/mol. The Balaban J connectivity index is 2.42. The van der Waals surface area contributed by atoms with Gasteiger partial charge in [0.05, 0.1) is 5.69 Å². The standard InChI is InChI=1S/C13H11F4N3/c1-6-3-8(15)11(5-7(6)14)19-13-10(17)4-9(16)12(18-2)20-13/h3-5H,1-2H3,(H2,18,19,20). The molecular formula is C13H11F4N3. The molecule has 0 aliphatic carbocycles. The van der Waals surface area contributed by atoms with Crippen LogP contribution in [0.1, 0.15) is 5.56 Å². The molecule has 0 saturated heterocycles. The van der Waals surface area contributed by atoms with Gasteiger partial charge in [-0.3, -0.25) is 0 Å². The molecule has 20 heavy (non-hydrogen) atoms. The van der Waals surface area contributed by atoms with E-state index in [9.17, 15) is 17.6 Å². The first-order valence-electron chi connectivity index (χ1n) is 5.69. The van der Waals surface area contributed by atoms with Crippen LogP contribution in [0.3, 0.4) is 0 Å². The molecule has 1 aromatic heterocycles. The van der Waals surface area contributed by atoms with Crippen LogP contribution in [0.5, 0.6) is 0 Å². The van der Waals surface area contributed by atoms with E-state index in [0.29, 0.717) is 6.07 Å². The van der Waals surface area contributed by atoms with Crippen molar-refractivity contribution < 1.29 is 17.6 Å². The lowest BCUT2D eigenvalue weighted by atomic mass is 10.2. The van der Waals surface area contributed by atoms with Gasteiger partial charge in [-0.1, -0.05) is 0 Å². The van der Waals surface area contributed by atoms with E-state index in [1.54, 1.807) is 0 Å². The van der Waals surface area contributed by atoms with Gasteiger partial charge in [0.15, 0.2) is 23.3 Å². The predicted octanol–water partition coefficient (Wildman–Crippen LogP) is 3.73. The van der Waals surface area contributed by atoms with Gasteiger partial charge >= 0.3 is 0 Å². The largest absolute Gasteiger partial charge is 0.371 e. The van der Waals surface area contributed by atoms with Crippen LogP contribution >= 0.6 is 0 Å². The quantitative estimate of drug-likeness (QED) is 0.844. The first-order valence-corrected chi connectivity index (χ1v) is 5.69. The molecule has 0 spiro atoms. The van der Waals surface area contributed by atoms with Crippen LogP contribution in [0.25, 0.3) is 0 Å². The maximum Gasteiger partial charge on any atom is 0.169 e. The Kier molecular flexibility index (Phi) is 3.78. The summed E-state index contributed by atoms with van der Waals surface area (Å²) >= 11 is 0. The van der Waals surface area contributed by atoms with E-state index in [2.05, 4.69) is 15.6 Å². The van der Waals surface area contributed by atoms with E-state index in [1.165, 1.54) is 14.0 Å². The number of aryl methyl sites for hydroxylation is 1. The van der Waals surface area contributed by atoms with Crippen molar-refractivity contribution in [1.82, 2.24) is 4.98 Å². The Morgan fingerprint density at radius 1 is 0.850 bits per heavy atom. The number of anilines is 3. The summed E-state index contributed by atoms with van der Waals surface area (Å²) in [7, 11) is 1.40. The van der Waals surface area contributed by atoms with Gasteiger partial charge in [0.2, 0.25) is 0 Å². The second-order valence-corrected chi connectivity index (χ2v) is 4.11. The zero-order valence-electron chi connectivity index (χ0n) is 10.7. The van der Waals surface area contributed by atoms with Gasteiger partial charge < -0.3 is 10.6 Å². The summed E-state index contributed by atoms with van der Waals surface area (Å²) < 4.78 is 53.8. The Hall–Kier alpha value is -2.31. The van der Waals surface area contributed by atoms with E-state index in [0.717, 1.165) is 12.1 Å². The minimum absolute atomic E-state index is 0.122. The van der Waals surface area contributed by atoms with Crippen LogP contribution in [0.4, 0.5) is 34.9 Å². The van der Waals surface area contributed by atoms with Gasteiger partial charge in [-0.25, -0.2) is 22.5 Å². The normalized spacial score (nSPS) is 10.5. The molecule has 1 aromatic carbocycles. The van der Waals surface area contributed by atoms with Crippen LogP contribution in [-0.2, 0) is 0 Å². The second kappa shape index (κ2) is 5.36. The van der Waals surface area contributed by atoms with Crippen molar-refractivity contribution in [1.29, 1.82) is 0 Å². The maximum absolute atomic E-state index is 13.6. The molecule has 2 N–H and O–H groups in total. The number of benzene rings is 1. The zero-order chi connectivity index (χ0) is 14.9. The molecule has 0 aliphatic rings. The first-order chi connectivity index (χ1) is 9.42. The summed E-state index contributed by atoms with van der Waals surface area (Å²) in [5.41, 5.74) is -0.162. The molecule has 0 saturated carbocycles. The number of hydrogen-bond acceptors (Lipinski definition) is 3. The SMILES string of the molecule is CNc1nc(Nc2cc(F)c(C)cc2F)c(F)cc1F. The predicted molar refractivity (Wildman–Crippen MR) is 68.1 cm³/mol. The fraction of sp³-hybridized carbons (Fsp3) is 0.154. The summed E-state index contributed by atoms with van der Waals surface area (Å²) in [6.07, 6.45) is 0. The van der Waals surface area contributed by atoms with Crippen molar-refractivity contribution in [2.75, 3.05) is 17.7 Å². The van der Waals surface area contributed by atoms with E-state index in [-0.39, 0.29) is 17.1 Å². The lowest BCUT2D eigenvalue weighted by Crippen LogP contribution is -2.05. The van der Waals surface area contributed by atoms with Crippen LogP contribution in [-0.4, -0.2) is 12.0 Å². The van der Waals surface area contributed by atoms with Crippen LogP contribution in [0.15, 0.2) is 18.2 Å². The topological polar surface area (TPSA) is 37.0 Å². The number of halogens is 4. The zero-order valence-corrected chi connectivity index (χ0v) is 10.7. The lowest BCUT2D eigenvalue weighted by molar-refractivity contribution is 0.578. The molecule has 0 unspecified atom stereocenters. The molecule has 2 aromatic rings. The number of aromatic nitrogens is 1. The Morgan fingerprint density at radius 2 is 1.50 bits per heavy atom. The summed E-state index contributed by atoms with van der Waals surface area (Å²) in [6, 6.07) is 2.45. The summed E-state index contributed by atoms with van der Waals surface area (Å²) in [5.74, 6) is -3.92. The highest BCUT2D eigenvalue weighted by Crippen LogP contribution is 2.25. The first kappa shape index (κ1) is 14.1. The molecule has 0 radical (unpaired) electrons. The molecule has 0 aliphatic heterocycles. The molecule has 2 rings (SSSR count). The van der Waals surface area contributed by atoms with Crippen molar-refractivity contribution in [3.05, 3.63) is 47.0 Å². The Bertz CT molecular complexity index is 659. The molecule has 0 atom stereocenters. The van der Waals surface area contributed by atoms with Gasteiger partial charge in [-0.15, -0.1) is 0 Å². The minimum atomic E-state index is -1.01.